The van der Waals surface area contributed by atoms with E-state index in [0.29, 0.717) is 17.2 Å². The maximum atomic E-state index is 13.1. The molecule has 12 heteroatoms. The molecule has 12 nitrogen and oxygen atoms in total. The summed E-state index contributed by atoms with van der Waals surface area (Å²) in [5, 5.41) is 18.2. The van der Waals surface area contributed by atoms with E-state index in [-0.39, 0.29) is 37.4 Å². The van der Waals surface area contributed by atoms with Gasteiger partial charge in [-0.05, 0) is 29.8 Å². The number of methoxy groups -OCH3 is 2. The summed E-state index contributed by atoms with van der Waals surface area (Å²) >= 11 is 0. The molecule has 0 spiro atoms. The molecule has 1 heterocycles. The van der Waals surface area contributed by atoms with Crippen molar-refractivity contribution >= 4 is 41.2 Å². The number of nitrogens with one attached hydrogen (secondary N) is 3. The van der Waals surface area contributed by atoms with Crippen LogP contribution in [0.3, 0.4) is 0 Å². The molecule has 1 aromatic heterocycles. The van der Waals surface area contributed by atoms with Crippen LogP contribution in [0.4, 0.5) is 34.0 Å². The van der Waals surface area contributed by atoms with E-state index in [1.54, 1.807) is 36.3 Å². The number of carboxylic acids is 1. The molecule has 0 saturated carbocycles. The number of carbonyl (C=O) groups is 2. The van der Waals surface area contributed by atoms with Crippen molar-refractivity contribution in [3.8, 4) is 22.6 Å². The summed E-state index contributed by atoms with van der Waals surface area (Å²) in [6, 6.07) is 31.3. The van der Waals surface area contributed by atoms with Gasteiger partial charge in [0.05, 0.1) is 26.3 Å². The first-order chi connectivity index (χ1) is 22.4. The fourth-order valence-corrected chi connectivity index (χ4v) is 4.72. The Hall–Kier alpha value is -6.17. The van der Waals surface area contributed by atoms with Crippen LogP contribution in [0, 0.1) is 0 Å². The predicted octanol–water partition coefficient (Wildman–Crippen LogP) is 6.42. The second-order valence-corrected chi connectivity index (χ2v) is 9.98. The molecule has 0 aliphatic carbocycles. The van der Waals surface area contributed by atoms with Crippen LogP contribution in [0.2, 0.25) is 0 Å². The summed E-state index contributed by atoms with van der Waals surface area (Å²) in [5.41, 5.74) is 3.85. The van der Waals surface area contributed by atoms with Gasteiger partial charge in [-0.15, -0.1) is 0 Å². The largest absolute Gasteiger partial charge is 0.496 e. The predicted molar refractivity (Wildman–Crippen MR) is 177 cm³/mol. The van der Waals surface area contributed by atoms with E-state index >= 15 is 0 Å². The van der Waals surface area contributed by atoms with Crippen molar-refractivity contribution in [2.45, 2.75) is 13.0 Å². The number of hydrogen-bond acceptors (Lipinski definition) is 9. The summed E-state index contributed by atoms with van der Waals surface area (Å²) in [5.74, 6) is 0.351. The molecular formula is C34H33N7O5. The Labute approximate surface area is 266 Å². The lowest BCUT2D eigenvalue weighted by Gasteiger charge is -2.24. The van der Waals surface area contributed by atoms with Crippen molar-refractivity contribution in [2.75, 3.05) is 41.6 Å². The lowest BCUT2D eigenvalue weighted by Crippen LogP contribution is -2.29. The summed E-state index contributed by atoms with van der Waals surface area (Å²) < 4.78 is 10.9. The number of nitrogens with zero attached hydrogens (tertiary/aromatic N) is 4. The Morgan fingerprint density at radius 2 is 1.35 bits per heavy atom. The Balaban J connectivity index is 1.53. The van der Waals surface area contributed by atoms with Crippen LogP contribution in [0.25, 0.3) is 11.1 Å². The molecule has 0 unspecified atom stereocenters. The topological polar surface area (TPSA) is 151 Å². The van der Waals surface area contributed by atoms with Gasteiger partial charge in [-0.2, -0.15) is 15.0 Å². The third kappa shape index (κ3) is 8.05. The Bertz CT molecular complexity index is 1800. The van der Waals surface area contributed by atoms with Crippen molar-refractivity contribution in [3.63, 3.8) is 0 Å². The number of anilines is 5. The lowest BCUT2D eigenvalue weighted by molar-refractivity contribution is -0.136. The minimum absolute atomic E-state index is 0.0579. The number of para-hydroxylation sites is 4. The smallest absolute Gasteiger partial charge is 0.326 e. The zero-order valence-electron chi connectivity index (χ0n) is 25.3. The third-order valence-corrected chi connectivity index (χ3v) is 6.89. The second-order valence-electron chi connectivity index (χ2n) is 9.98. The quantitative estimate of drug-likeness (QED) is 0.116. The van der Waals surface area contributed by atoms with Gasteiger partial charge in [0.1, 0.15) is 11.5 Å². The highest BCUT2D eigenvalue weighted by Gasteiger charge is 2.19. The monoisotopic (exact) mass is 619 g/mol. The first kappa shape index (κ1) is 31.3. The van der Waals surface area contributed by atoms with Crippen LogP contribution in [-0.2, 0) is 11.3 Å². The third-order valence-electron chi connectivity index (χ3n) is 6.89. The molecule has 0 aliphatic rings. The molecule has 2 amide bonds. The first-order valence-corrected chi connectivity index (χ1v) is 14.4. The number of carbonyl (C=O) groups excluding carboxylic acids is 1. The van der Waals surface area contributed by atoms with Gasteiger partial charge in [0.2, 0.25) is 17.8 Å². The molecule has 46 heavy (non-hydrogen) atoms. The van der Waals surface area contributed by atoms with E-state index in [2.05, 4.69) is 30.9 Å². The summed E-state index contributed by atoms with van der Waals surface area (Å²) in [4.78, 5) is 40.2. The summed E-state index contributed by atoms with van der Waals surface area (Å²) in [7, 11) is 3.08. The average molecular weight is 620 g/mol. The molecule has 234 valence electrons. The molecule has 0 aliphatic heterocycles. The van der Waals surface area contributed by atoms with Crippen molar-refractivity contribution in [1.82, 2.24) is 15.0 Å². The van der Waals surface area contributed by atoms with Crippen LogP contribution in [-0.4, -0.2) is 52.8 Å². The summed E-state index contributed by atoms with van der Waals surface area (Å²) in [6.45, 7) is 0.304. The highest BCUT2D eigenvalue weighted by atomic mass is 16.5. The Morgan fingerprint density at radius 1 is 0.717 bits per heavy atom. The number of aliphatic carboxylic acids is 1. The SMILES string of the molecule is COc1ccccc1CN(CCC(=O)O)c1nc(NC(=O)Nc2ccccc2OC)nc(Nc2ccccc2-c2ccccc2)n1. The Kier molecular flexibility index (Phi) is 10.2. The number of hydrogen-bond donors (Lipinski definition) is 4. The van der Waals surface area contributed by atoms with Gasteiger partial charge in [0.15, 0.2) is 0 Å². The van der Waals surface area contributed by atoms with Gasteiger partial charge in [-0.3, -0.25) is 10.1 Å². The van der Waals surface area contributed by atoms with E-state index in [1.165, 1.54) is 7.11 Å². The van der Waals surface area contributed by atoms with Crippen molar-refractivity contribution in [3.05, 3.63) is 109 Å². The van der Waals surface area contributed by atoms with E-state index in [4.69, 9.17) is 9.47 Å². The molecular weight excluding hydrogens is 586 g/mol. The normalized spacial score (nSPS) is 10.5. The number of amides is 2. The van der Waals surface area contributed by atoms with Crippen molar-refractivity contribution in [1.29, 1.82) is 0 Å². The number of benzene rings is 4. The van der Waals surface area contributed by atoms with Gasteiger partial charge in [-0.1, -0.05) is 78.9 Å². The fraction of sp³-hybridized carbons (Fsp3) is 0.147. The van der Waals surface area contributed by atoms with Gasteiger partial charge in [0.25, 0.3) is 0 Å². The van der Waals surface area contributed by atoms with Crippen LogP contribution < -0.4 is 30.3 Å². The first-order valence-electron chi connectivity index (χ1n) is 14.4. The van der Waals surface area contributed by atoms with Crippen LogP contribution in [0.5, 0.6) is 11.5 Å². The van der Waals surface area contributed by atoms with Crippen molar-refractivity contribution < 1.29 is 24.2 Å². The standard InChI is InChI=1S/C34H33N7O5/c1-45-28-18-10-6-14-24(28)22-41(21-20-30(42)43)33-38-31(35-26-16-8-7-15-25(26)23-12-4-3-5-13-23)37-32(39-33)40-34(44)36-27-17-9-11-19-29(27)46-2/h3-19H,20-22H2,1-2H3,(H,42,43)(H3,35,36,37,38,39,40,44). The van der Waals surface area contributed by atoms with Crippen LogP contribution >= 0.6 is 0 Å². The fourth-order valence-electron chi connectivity index (χ4n) is 4.72. The number of carboxylic acid groups (broad SMARTS) is 1. The second kappa shape index (κ2) is 15.0. The van der Waals surface area contributed by atoms with E-state index in [0.717, 1.165) is 22.4 Å². The van der Waals surface area contributed by atoms with Crippen molar-refractivity contribution in [2.24, 2.45) is 0 Å². The maximum Gasteiger partial charge on any atom is 0.326 e. The minimum Gasteiger partial charge on any atom is -0.496 e. The molecule has 4 N–H and O–H groups in total. The Morgan fingerprint density at radius 3 is 2.09 bits per heavy atom. The van der Waals surface area contributed by atoms with Gasteiger partial charge in [0, 0.05) is 29.9 Å². The molecule has 0 saturated heterocycles. The number of ether oxygens (including phenoxy) is 2. The number of urea groups is 1. The zero-order chi connectivity index (χ0) is 32.3. The van der Waals surface area contributed by atoms with Crippen LogP contribution in [0.1, 0.15) is 12.0 Å². The van der Waals surface area contributed by atoms with E-state index < -0.39 is 12.0 Å². The highest BCUT2D eigenvalue weighted by Crippen LogP contribution is 2.30. The van der Waals surface area contributed by atoms with Gasteiger partial charge >= 0.3 is 12.0 Å². The molecule has 0 bridgehead atoms. The molecule has 5 aromatic rings. The number of aromatic nitrogens is 3. The zero-order valence-corrected chi connectivity index (χ0v) is 25.3. The minimum atomic E-state index is -0.983. The van der Waals surface area contributed by atoms with E-state index in [1.807, 2.05) is 78.9 Å². The van der Waals surface area contributed by atoms with E-state index in [9.17, 15) is 14.7 Å². The highest BCUT2D eigenvalue weighted by molar-refractivity contribution is 5.99. The number of rotatable bonds is 13. The molecule has 0 radical (unpaired) electrons. The molecule has 0 fully saturated rings. The summed E-state index contributed by atoms with van der Waals surface area (Å²) in [6.07, 6.45) is -0.183. The molecule has 5 rings (SSSR count). The lowest BCUT2D eigenvalue weighted by atomic mass is 10.0. The molecule has 4 aromatic carbocycles. The average Bonchev–Trinajstić information content (AvgIpc) is 3.07. The van der Waals surface area contributed by atoms with Gasteiger partial charge < -0.3 is 30.1 Å². The van der Waals surface area contributed by atoms with Crippen LogP contribution in [0.15, 0.2) is 103 Å². The molecule has 0 atom stereocenters. The maximum absolute atomic E-state index is 13.1. The van der Waals surface area contributed by atoms with Gasteiger partial charge in [-0.25, -0.2) is 4.79 Å².